The van der Waals surface area contributed by atoms with Gasteiger partial charge in [0, 0.05) is 6.42 Å². The first-order valence-corrected chi connectivity index (χ1v) is 4.53. The highest BCUT2D eigenvalue weighted by molar-refractivity contribution is 5.30. The van der Waals surface area contributed by atoms with E-state index in [1.807, 2.05) is 32.0 Å². The molecule has 1 N–H and O–H groups in total. The van der Waals surface area contributed by atoms with Gasteiger partial charge in [0.1, 0.15) is 6.10 Å². The highest BCUT2D eigenvalue weighted by Gasteiger charge is 2.17. The van der Waals surface area contributed by atoms with Gasteiger partial charge in [0.05, 0.1) is 0 Å². The fourth-order valence-corrected chi connectivity index (χ4v) is 1.33. The third kappa shape index (κ3) is 2.77. The van der Waals surface area contributed by atoms with Gasteiger partial charge >= 0.3 is 0 Å². The Morgan fingerprint density at radius 1 is 1.29 bits per heavy atom. The van der Waals surface area contributed by atoms with E-state index in [0.29, 0.717) is 0 Å². The zero-order chi connectivity index (χ0) is 10.7. The fourth-order valence-electron chi connectivity index (χ4n) is 1.33. The van der Waals surface area contributed by atoms with Crippen LogP contribution in [-0.4, -0.2) is 17.6 Å². The molecule has 0 bridgehead atoms. The third-order valence-electron chi connectivity index (χ3n) is 2.22. The third-order valence-corrected chi connectivity index (χ3v) is 2.22. The average molecular weight is 200 g/mol. The summed E-state index contributed by atoms with van der Waals surface area (Å²) in [5.41, 5.74) is 2.75. The van der Waals surface area contributed by atoms with E-state index < -0.39 is 12.5 Å². The number of benzene rings is 1. The van der Waals surface area contributed by atoms with E-state index in [-0.39, 0.29) is 6.42 Å². The van der Waals surface area contributed by atoms with Gasteiger partial charge in [0.2, 0.25) is 0 Å². The number of hydrogen-bond donors (Lipinski definition) is 1. The lowest BCUT2D eigenvalue weighted by Gasteiger charge is -2.12. The van der Waals surface area contributed by atoms with Crippen molar-refractivity contribution in [3.05, 3.63) is 34.9 Å². The molecule has 0 aromatic heterocycles. The lowest BCUT2D eigenvalue weighted by molar-refractivity contribution is -0.00373. The van der Waals surface area contributed by atoms with Gasteiger partial charge in [-0.25, -0.2) is 8.78 Å². The van der Waals surface area contributed by atoms with Crippen molar-refractivity contribution in [1.29, 1.82) is 0 Å². The van der Waals surface area contributed by atoms with Crippen LogP contribution in [0.1, 0.15) is 16.7 Å². The van der Waals surface area contributed by atoms with Crippen molar-refractivity contribution in [3.8, 4) is 0 Å². The Balaban J connectivity index is 2.80. The Bertz CT molecular complexity index is 310. The first-order valence-electron chi connectivity index (χ1n) is 4.53. The monoisotopic (exact) mass is 200 g/mol. The molecule has 14 heavy (non-hydrogen) atoms. The number of aliphatic hydroxyl groups is 1. The predicted octanol–water partition coefficient (Wildman–Crippen LogP) is 2.47. The fraction of sp³-hybridized carbons (Fsp3) is 0.455. The van der Waals surface area contributed by atoms with Gasteiger partial charge in [-0.3, -0.25) is 0 Å². The minimum Gasteiger partial charge on any atom is -0.387 e. The van der Waals surface area contributed by atoms with Crippen LogP contribution in [0.25, 0.3) is 0 Å². The Kier molecular flexibility index (Phi) is 3.58. The van der Waals surface area contributed by atoms with Crippen molar-refractivity contribution in [3.63, 3.8) is 0 Å². The molecule has 1 atom stereocenters. The van der Waals surface area contributed by atoms with Crippen molar-refractivity contribution < 1.29 is 13.9 Å². The lowest BCUT2D eigenvalue weighted by atomic mass is 10.0. The maximum Gasteiger partial charge on any atom is 0.264 e. The van der Waals surface area contributed by atoms with Crippen LogP contribution in [0.4, 0.5) is 8.78 Å². The highest BCUT2D eigenvalue weighted by atomic mass is 19.3. The number of halogens is 2. The molecule has 1 aromatic carbocycles. The van der Waals surface area contributed by atoms with Crippen LogP contribution in [0.15, 0.2) is 18.2 Å². The second-order valence-corrected chi connectivity index (χ2v) is 3.54. The summed E-state index contributed by atoms with van der Waals surface area (Å²) >= 11 is 0. The number of aryl methyl sites for hydroxylation is 2. The molecule has 78 valence electrons. The van der Waals surface area contributed by atoms with Gasteiger partial charge in [0.15, 0.2) is 0 Å². The van der Waals surface area contributed by atoms with Gasteiger partial charge < -0.3 is 5.11 Å². The molecular weight excluding hydrogens is 186 g/mol. The molecule has 0 heterocycles. The second kappa shape index (κ2) is 4.51. The Morgan fingerprint density at radius 2 is 1.93 bits per heavy atom. The topological polar surface area (TPSA) is 20.2 Å². The Morgan fingerprint density at radius 3 is 2.50 bits per heavy atom. The van der Waals surface area contributed by atoms with Crippen molar-refractivity contribution in [2.75, 3.05) is 0 Å². The normalized spacial score (nSPS) is 13.3. The number of rotatable bonds is 3. The molecule has 0 radical (unpaired) electrons. The standard InChI is InChI=1S/C11H14F2O/c1-7-3-4-8(2)9(5-7)6-10(14)11(12)13/h3-5,10-11,14H,6H2,1-2H3. The van der Waals surface area contributed by atoms with Crippen LogP contribution in [0.3, 0.4) is 0 Å². The molecule has 0 aliphatic heterocycles. The zero-order valence-electron chi connectivity index (χ0n) is 8.30. The SMILES string of the molecule is Cc1ccc(C)c(CC(O)C(F)F)c1. The molecule has 1 rings (SSSR count). The number of alkyl halides is 2. The van der Waals surface area contributed by atoms with E-state index in [9.17, 15) is 8.78 Å². The smallest absolute Gasteiger partial charge is 0.264 e. The minimum absolute atomic E-state index is 0.0190. The van der Waals surface area contributed by atoms with Crippen LogP contribution in [0.5, 0.6) is 0 Å². The average Bonchev–Trinajstić information content (AvgIpc) is 2.11. The van der Waals surface area contributed by atoms with Gasteiger partial charge in [-0.05, 0) is 25.0 Å². The molecule has 1 unspecified atom stereocenters. The Labute approximate surface area is 82.4 Å². The van der Waals surface area contributed by atoms with Crippen LogP contribution in [0.2, 0.25) is 0 Å². The van der Waals surface area contributed by atoms with Crippen molar-refractivity contribution in [2.45, 2.75) is 32.8 Å². The van der Waals surface area contributed by atoms with Crippen molar-refractivity contribution in [2.24, 2.45) is 0 Å². The van der Waals surface area contributed by atoms with Crippen LogP contribution in [0, 0.1) is 13.8 Å². The maximum atomic E-state index is 12.1. The van der Waals surface area contributed by atoms with E-state index in [1.165, 1.54) is 0 Å². The molecule has 0 aliphatic carbocycles. The number of aliphatic hydroxyl groups excluding tert-OH is 1. The molecule has 0 saturated heterocycles. The van der Waals surface area contributed by atoms with Crippen LogP contribution >= 0.6 is 0 Å². The second-order valence-electron chi connectivity index (χ2n) is 3.54. The van der Waals surface area contributed by atoms with Gasteiger partial charge in [0.25, 0.3) is 6.43 Å². The first-order chi connectivity index (χ1) is 6.50. The molecule has 1 nitrogen and oxygen atoms in total. The van der Waals surface area contributed by atoms with E-state index in [4.69, 9.17) is 5.11 Å². The molecule has 1 aromatic rings. The molecule has 0 spiro atoms. The van der Waals surface area contributed by atoms with Crippen molar-refractivity contribution in [1.82, 2.24) is 0 Å². The zero-order valence-corrected chi connectivity index (χ0v) is 8.30. The summed E-state index contributed by atoms with van der Waals surface area (Å²) in [6.45, 7) is 3.75. The Hall–Kier alpha value is -0.960. The predicted molar refractivity (Wildman–Crippen MR) is 51.6 cm³/mol. The lowest BCUT2D eigenvalue weighted by Crippen LogP contribution is -2.20. The molecule has 0 fully saturated rings. The van der Waals surface area contributed by atoms with Gasteiger partial charge in [-0.2, -0.15) is 0 Å². The van der Waals surface area contributed by atoms with Crippen LogP contribution < -0.4 is 0 Å². The maximum absolute atomic E-state index is 12.1. The molecule has 0 aliphatic rings. The quantitative estimate of drug-likeness (QED) is 0.794. The molecule has 0 amide bonds. The summed E-state index contributed by atoms with van der Waals surface area (Å²) in [6.07, 6.45) is -4.21. The number of hydrogen-bond acceptors (Lipinski definition) is 1. The van der Waals surface area contributed by atoms with E-state index in [2.05, 4.69) is 0 Å². The summed E-state index contributed by atoms with van der Waals surface area (Å²) in [4.78, 5) is 0. The summed E-state index contributed by atoms with van der Waals surface area (Å²) in [6, 6.07) is 5.64. The van der Waals surface area contributed by atoms with Crippen LogP contribution in [-0.2, 0) is 6.42 Å². The summed E-state index contributed by atoms with van der Waals surface area (Å²) in [7, 11) is 0. The van der Waals surface area contributed by atoms with Crippen molar-refractivity contribution >= 4 is 0 Å². The summed E-state index contributed by atoms with van der Waals surface area (Å²) in [5.74, 6) is 0. The van der Waals surface area contributed by atoms with E-state index >= 15 is 0 Å². The largest absolute Gasteiger partial charge is 0.387 e. The summed E-state index contributed by atoms with van der Waals surface area (Å²) < 4.78 is 24.2. The van der Waals surface area contributed by atoms with Gasteiger partial charge in [-0.15, -0.1) is 0 Å². The van der Waals surface area contributed by atoms with E-state index in [1.54, 1.807) is 0 Å². The summed E-state index contributed by atoms with van der Waals surface area (Å²) in [5, 5.41) is 9.05. The minimum atomic E-state index is -2.67. The van der Waals surface area contributed by atoms with E-state index in [0.717, 1.165) is 16.7 Å². The molecular formula is C11H14F2O. The molecule has 3 heteroatoms. The van der Waals surface area contributed by atoms with Gasteiger partial charge in [-0.1, -0.05) is 23.8 Å². The first kappa shape index (κ1) is 11.1. The highest BCUT2D eigenvalue weighted by Crippen LogP contribution is 2.15. The molecule has 0 saturated carbocycles.